The number of aliphatic imine (C=N–C) groups is 1. The summed E-state index contributed by atoms with van der Waals surface area (Å²) in [6.45, 7) is 3.46. The van der Waals surface area contributed by atoms with Crippen LogP contribution in [0.5, 0.6) is 17.2 Å². The van der Waals surface area contributed by atoms with Crippen LogP contribution in [0.3, 0.4) is 0 Å². The van der Waals surface area contributed by atoms with Gasteiger partial charge in [-0.05, 0) is 29.2 Å². The van der Waals surface area contributed by atoms with Crippen LogP contribution in [0, 0.1) is 0 Å². The smallest absolute Gasteiger partial charge is 0.200 e. The Morgan fingerprint density at radius 2 is 1.69 bits per heavy atom. The van der Waals surface area contributed by atoms with Crippen LogP contribution in [-0.2, 0) is 6.54 Å². The third-order valence-electron chi connectivity index (χ3n) is 4.17. The van der Waals surface area contributed by atoms with Gasteiger partial charge in [0.15, 0.2) is 17.5 Å². The van der Waals surface area contributed by atoms with E-state index in [9.17, 15) is 5.11 Å². The Kier molecular flexibility index (Phi) is 7.14. The molecule has 2 aromatic carbocycles. The second-order valence-corrected chi connectivity index (χ2v) is 5.97. The fourth-order valence-electron chi connectivity index (χ4n) is 2.61. The molecule has 0 aliphatic heterocycles. The van der Waals surface area contributed by atoms with Crippen molar-refractivity contribution in [3.63, 3.8) is 0 Å². The van der Waals surface area contributed by atoms with Crippen LogP contribution in [0.2, 0.25) is 0 Å². The van der Waals surface area contributed by atoms with Crippen LogP contribution < -0.4 is 20.1 Å². The summed E-state index contributed by atoms with van der Waals surface area (Å²) in [5.74, 6) is 1.82. The number of methoxy groups -OCH3 is 2. The Hall–Kier alpha value is -2.89. The largest absolute Gasteiger partial charge is 0.502 e. The summed E-state index contributed by atoms with van der Waals surface area (Å²) < 4.78 is 10.4. The predicted octanol–water partition coefficient (Wildman–Crippen LogP) is 2.88. The zero-order chi connectivity index (χ0) is 18.9. The van der Waals surface area contributed by atoms with Crippen LogP contribution in [0.15, 0.2) is 47.5 Å². The van der Waals surface area contributed by atoms with Crippen molar-refractivity contribution in [2.24, 2.45) is 4.99 Å². The second-order valence-electron chi connectivity index (χ2n) is 5.97. The molecule has 1 atom stereocenters. The van der Waals surface area contributed by atoms with Crippen molar-refractivity contribution in [1.82, 2.24) is 10.6 Å². The lowest BCUT2D eigenvalue weighted by molar-refractivity contribution is 0.339. The molecule has 1 unspecified atom stereocenters. The lowest BCUT2D eigenvalue weighted by atomic mass is 10.0. The summed E-state index contributed by atoms with van der Waals surface area (Å²) in [6, 6.07) is 13.9. The number of ether oxygens (including phenoxy) is 2. The van der Waals surface area contributed by atoms with E-state index in [1.54, 1.807) is 19.2 Å². The number of guanidine groups is 1. The molecule has 6 nitrogen and oxygen atoms in total. The molecule has 0 spiro atoms. The normalized spacial score (nSPS) is 12.4. The van der Waals surface area contributed by atoms with E-state index in [1.807, 2.05) is 18.2 Å². The SMILES string of the molecule is CN=C(NCc1cc(OC)c(O)c(OC)c1)NCC(C)c1ccccc1. The molecule has 0 aromatic heterocycles. The van der Waals surface area contributed by atoms with E-state index in [1.165, 1.54) is 19.8 Å². The van der Waals surface area contributed by atoms with Gasteiger partial charge in [0.1, 0.15) is 0 Å². The number of hydrogen-bond donors (Lipinski definition) is 3. The van der Waals surface area contributed by atoms with Gasteiger partial charge >= 0.3 is 0 Å². The van der Waals surface area contributed by atoms with Gasteiger partial charge < -0.3 is 25.2 Å². The number of nitrogens with zero attached hydrogens (tertiary/aromatic N) is 1. The average Bonchev–Trinajstić information content (AvgIpc) is 2.69. The van der Waals surface area contributed by atoms with E-state index in [4.69, 9.17) is 9.47 Å². The number of aromatic hydroxyl groups is 1. The monoisotopic (exact) mass is 357 g/mol. The summed E-state index contributed by atoms with van der Waals surface area (Å²) in [5, 5.41) is 16.6. The van der Waals surface area contributed by atoms with E-state index in [-0.39, 0.29) is 5.75 Å². The van der Waals surface area contributed by atoms with Crippen molar-refractivity contribution in [1.29, 1.82) is 0 Å². The molecule has 26 heavy (non-hydrogen) atoms. The maximum Gasteiger partial charge on any atom is 0.200 e. The minimum atomic E-state index is -0.00190. The standard InChI is InChI=1S/C20H27N3O3/c1-14(16-8-6-5-7-9-16)12-22-20(21-2)23-13-15-10-17(25-3)19(24)18(11-15)26-4/h5-11,14,24H,12-13H2,1-4H3,(H2,21,22,23). The van der Waals surface area contributed by atoms with Gasteiger partial charge in [-0.15, -0.1) is 0 Å². The highest BCUT2D eigenvalue weighted by Gasteiger charge is 2.12. The molecule has 2 rings (SSSR count). The number of rotatable bonds is 7. The third kappa shape index (κ3) is 5.05. The number of hydrogen-bond acceptors (Lipinski definition) is 4. The highest BCUT2D eigenvalue weighted by atomic mass is 16.5. The fourth-order valence-corrected chi connectivity index (χ4v) is 2.61. The molecule has 0 bridgehead atoms. The summed E-state index contributed by atoms with van der Waals surface area (Å²) >= 11 is 0. The summed E-state index contributed by atoms with van der Waals surface area (Å²) in [5.41, 5.74) is 2.19. The van der Waals surface area contributed by atoms with Crippen molar-refractivity contribution in [3.8, 4) is 17.2 Å². The molecular formula is C20H27N3O3. The second kappa shape index (κ2) is 9.56. The zero-order valence-electron chi connectivity index (χ0n) is 15.7. The highest BCUT2D eigenvalue weighted by Crippen LogP contribution is 2.36. The minimum Gasteiger partial charge on any atom is -0.502 e. The van der Waals surface area contributed by atoms with E-state index >= 15 is 0 Å². The first kappa shape index (κ1) is 19.4. The van der Waals surface area contributed by atoms with E-state index < -0.39 is 0 Å². The van der Waals surface area contributed by atoms with Gasteiger partial charge in [-0.1, -0.05) is 37.3 Å². The minimum absolute atomic E-state index is 0.00190. The molecular weight excluding hydrogens is 330 g/mol. The summed E-state index contributed by atoms with van der Waals surface area (Å²) in [6.07, 6.45) is 0. The van der Waals surface area contributed by atoms with Gasteiger partial charge in [0.2, 0.25) is 5.75 Å². The van der Waals surface area contributed by atoms with Crippen molar-refractivity contribution in [2.75, 3.05) is 27.8 Å². The quantitative estimate of drug-likeness (QED) is 0.525. The number of nitrogens with one attached hydrogen (secondary N) is 2. The molecule has 140 valence electrons. The van der Waals surface area contributed by atoms with Crippen LogP contribution in [0.1, 0.15) is 24.0 Å². The number of phenolic OH excluding ortho intramolecular Hbond substituents is 1. The van der Waals surface area contributed by atoms with Crippen LogP contribution in [0.25, 0.3) is 0 Å². The van der Waals surface area contributed by atoms with Crippen LogP contribution >= 0.6 is 0 Å². The first-order valence-corrected chi connectivity index (χ1v) is 8.52. The van der Waals surface area contributed by atoms with Crippen molar-refractivity contribution < 1.29 is 14.6 Å². The van der Waals surface area contributed by atoms with Gasteiger partial charge in [0, 0.05) is 20.1 Å². The molecule has 0 aliphatic rings. The summed E-state index contributed by atoms with van der Waals surface area (Å²) in [4.78, 5) is 4.25. The number of phenols is 1. The topological polar surface area (TPSA) is 75.1 Å². The molecule has 0 amide bonds. The molecule has 0 saturated heterocycles. The van der Waals surface area contributed by atoms with Gasteiger partial charge in [-0.3, -0.25) is 4.99 Å². The molecule has 0 aliphatic carbocycles. The Morgan fingerprint density at radius 3 is 2.23 bits per heavy atom. The molecule has 2 aromatic rings. The lowest BCUT2D eigenvalue weighted by Crippen LogP contribution is -2.38. The predicted molar refractivity (Wildman–Crippen MR) is 104 cm³/mol. The molecule has 0 heterocycles. The van der Waals surface area contributed by atoms with E-state index in [0.29, 0.717) is 29.9 Å². The molecule has 6 heteroatoms. The van der Waals surface area contributed by atoms with E-state index in [0.717, 1.165) is 12.1 Å². The van der Waals surface area contributed by atoms with Gasteiger partial charge in [0.05, 0.1) is 14.2 Å². The fraction of sp³-hybridized carbons (Fsp3) is 0.350. The molecule has 3 N–H and O–H groups in total. The maximum absolute atomic E-state index is 9.98. The van der Waals surface area contributed by atoms with Crippen molar-refractivity contribution >= 4 is 5.96 Å². The maximum atomic E-state index is 9.98. The first-order chi connectivity index (χ1) is 12.6. The first-order valence-electron chi connectivity index (χ1n) is 8.52. The Bertz CT molecular complexity index is 707. The zero-order valence-corrected chi connectivity index (χ0v) is 15.7. The van der Waals surface area contributed by atoms with Crippen molar-refractivity contribution in [2.45, 2.75) is 19.4 Å². The number of benzene rings is 2. The van der Waals surface area contributed by atoms with Gasteiger partial charge in [-0.25, -0.2) is 0 Å². The van der Waals surface area contributed by atoms with Gasteiger partial charge in [0.25, 0.3) is 0 Å². The third-order valence-corrected chi connectivity index (χ3v) is 4.17. The van der Waals surface area contributed by atoms with E-state index in [2.05, 4.69) is 34.7 Å². The molecule has 0 fully saturated rings. The molecule has 0 saturated carbocycles. The van der Waals surface area contributed by atoms with Gasteiger partial charge in [-0.2, -0.15) is 0 Å². The molecule has 0 radical (unpaired) electrons. The van der Waals surface area contributed by atoms with Crippen molar-refractivity contribution in [3.05, 3.63) is 53.6 Å². The highest BCUT2D eigenvalue weighted by molar-refractivity contribution is 5.79. The Morgan fingerprint density at radius 1 is 1.08 bits per heavy atom. The Balaban J connectivity index is 1.95. The average molecular weight is 357 g/mol. The summed E-state index contributed by atoms with van der Waals surface area (Å²) in [7, 11) is 4.76. The Labute approximate surface area is 154 Å². The van der Waals surface area contributed by atoms with Crippen LogP contribution in [-0.4, -0.2) is 38.9 Å². The van der Waals surface area contributed by atoms with Crippen LogP contribution in [0.4, 0.5) is 0 Å². The lowest BCUT2D eigenvalue weighted by Gasteiger charge is -2.17.